The SMILES string of the molecule is Cc1cc(N2CCN(Cc3c(C)nn(C(C)C)c3C)CC2)cc([C@H]2CCCN2)n1. The first-order valence-electron chi connectivity index (χ1n) is 11.2. The van der Waals surface area contributed by atoms with Gasteiger partial charge in [0.25, 0.3) is 0 Å². The number of nitrogens with zero attached hydrogens (tertiary/aromatic N) is 5. The lowest BCUT2D eigenvalue weighted by molar-refractivity contribution is 0.249. The van der Waals surface area contributed by atoms with Crippen LogP contribution in [-0.2, 0) is 6.54 Å². The van der Waals surface area contributed by atoms with Gasteiger partial charge in [-0.05, 0) is 66.1 Å². The van der Waals surface area contributed by atoms with E-state index >= 15 is 0 Å². The summed E-state index contributed by atoms with van der Waals surface area (Å²) in [7, 11) is 0. The lowest BCUT2D eigenvalue weighted by Gasteiger charge is -2.36. The molecule has 0 unspecified atom stereocenters. The molecular formula is C23H36N6. The van der Waals surface area contributed by atoms with Crippen molar-refractivity contribution in [2.24, 2.45) is 0 Å². The van der Waals surface area contributed by atoms with Crippen LogP contribution in [-0.4, -0.2) is 52.4 Å². The van der Waals surface area contributed by atoms with Gasteiger partial charge in [0.15, 0.2) is 0 Å². The molecule has 1 N–H and O–H groups in total. The molecule has 2 aliphatic heterocycles. The van der Waals surface area contributed by atoms with Crippen LogP contribution >= 0.6 is 0 Å². The van der Waals surface area contributed by atoms with E-state index in [1.165, 1.54) is 41.2 Å². The van der Waals surface area contributed by atoms with Gasteiger partial charge in [-0.3, -0.25) is 14.6 Å². The smallest absolute Gasteiger partial charge is 0.0641 e. The summed E-state index contributed by atoms with van der Waals surface area (Å²) in [5.41, 5.74) is 7.58. The molecule has 6 nitrogen and oxygen atoms in total. The fraction of sp³-hybridized carbons (Fsp3) is 0.652. The average molecular weight is 397 g/mol. The largest absolute Gasteiger partial charge is 0.369 e. The van der Waals surface area contributed by atoms with Gasteiger partial charge in [0, 0.05) is 67.4 Å². The number of nitrogens with one attached hydrogen (secondary N) is 1. The standard InChI is InChI=1S/C23H36N6/c1-16(2)29-19(5)21(18(4)26-29)15-27-9-11-28(12-10-27)20-13-17(3)25-23(14-20)22-7-6-8-24-22/h13-14,16,22,24H,6-12,15H2,1-5H3/t22-/m1/s1. The second-order valence-electron chi connectivity index (χ2n) is 8.99. The molecule has 0 aliphatic carbocycles. The van der Waals surface area contributed by atoms with Gasteiger partial charge in [0.05, 0.1) is 11.4 Å². The Morgan fingerprint density at radius 1 is 1.10 bits per heavy atom. The minimum absolute atomic E-state index is 0.415. The van der Waals surface area contributed by atoms with E-state index < -0.39 is 0 Å². The Morgan fingerprint density at radius 2 is 1.86 bits per heavy atom. The van der Waals surface area contributed by atoms with E-state index in [-0.39, 0.29) is 0 Å². The topological polar surface area (TPSA) is 49.2 Å². The van der Waals surface area contributed by atoms with Gasteiger partial charge >= 0.3 is 0 Å². The van der Waals surface area contributed by atoms with Gasteiger partial charge in [0.2, 0.25) is 0 Å². The number of anilines is 1. The zero-order valence-electron chi connectivity index (χ0n) is 18.7. The highest BCUT2D eigenvalue weighted by molar-refractivity contribution is 5.49. The molecule has 0 saturated carbocycles. The molecule has 2 aromatic rings. The number of hydrogen-bond donors (Lipinski definition) is 1. The van der Waals surface area contributed by atoms with Crippen molar-refractivity contribution in [1.82, 2.24) is 25.0 Å². The molecule has 6 heteroatoms. The minimum atomic E-state index is 0.415. The van der Waals surface area contributed by atoms with Gasteiger partial charge in [-0.1, -0.05) is 0 Å². The molecule has 0 aromatic carbocycles. The fourth-order valence-corrected chi connectivity index (χ4v) is 4.79. The molecule has 0 amide bonds. The van der Waals surface area contributed by atoms with Crippen molar-refractivity contribution in [3.63, 3.8) is 0 Å². The van der Waals surface area contributed by atoms with Crippen LogP contribution in [0.2, 0.25) is 0 Å². The van der Waals surface area contributed by atoms with Crippen molar-refractivity contribution in [3.8, 4) is 0 Å². The van der Waals surface area contributed by atoms with E-state index in [0.717, 1.165) is 45.0 Å². The predicted molar refractivity (Wildman–Crippen MR) is 119 cm³/mol. The van der Waals surface area contributed by atoms with Crippen molar-refractivity contribution < 1.29 is 0 Å². The second kappa shape index (κ2) is 8.44. The molecule has 2 aliphatic rings. The summed E-state index contributed by atoms with van der Waals surface area (Å²) in [6, 6.07) is 5.40. The third-order valence-electron chi connectivity index (χ3n) is 6.46. The zero-order chi connectivity index (χ0) is 20.5. The molecular weight excluding hydrogens is 360 g/mol. The number of rotatable bonds is 5. The van der Waals surface area contributed by atoms with Crippen molar-refractivity contribution in [2.45, 2.75) is 66.1 Å². The molecule has 2 saturated heterocycles. The maximum absolute atomic E-state index is 4.81. The quantitative estimate of drug-likeness (QED) is 0.838. The molecule has 0 radical (unpaired) electrons. The first-order valence-corrected chi connectivity index (χ1v) is 11.2. The highest BCUT2D eigenvalue weighted by atomic mass is 15.3. The van der Waals surface area contributed by atoms with E-state index in [2.05, 4.69) is 66.5 Å². The Kier molecular flexibility index (Phi) is 5.93. The normalized spacial score (nSPS) is 20.8. The van der Waals surface area contributed by atoms with Gasteiger partial charge in [-0.15, -0.1) is 0 Å². The first-order chi connectivity index (χ1) is 13.9. The highest BCUT2D eigenvalue weighted by Crippen LogP contribution is 2.27. The third-order valence-corrected chi connectivity index (χ3v) is 6.46. The van der Waals surface area contributed by atoms with E-state index in [4.69, 9.17) is 10.1 Å². The molecule has 0 spiro atoms. The number of hydrogen-bond acceptors (Lipinski definition) is 5. The highest BCUT2D eigenvalue weighted by Gasteiger charge is 2.23. The number of piperazine rings is 1. The maximum atomic E-state index is 4.81. The fourth-order valence-electron chi connectivity index (χ4n) is 4.79. The molecule has 4 rings (SSSR count). The summed E-state index contributed by atoms with van der Waals surface area (Å²) in [6.45, 7) is 17.3. The van der Waals surface area contributed by atoms with Crippen molar-refractivity contribution >= 4 is 5.69 Å². The Balaban J connectivity index is 1.41. The summed E-state index contributed by atoms with van der Waals surface area (Å²) in [6.07, 6.45) is 2.45. The van der Waals surface area contributed by atoms with E-state index in [9.17, 15) is 0 Å². The van der Waals surface area contributed by atoms with Crippen LogP contribution < -0.4 is 10.2 Å². The molecule has 1 atom stereocenters. The van der Waals surface area contributed by atoms with Gasteiger partial charge < -0.3 is 10.2 Å². The first kappa shape index (κ1) is 20.4. The molecule has 4 heterocycles. The number of aryl methyl sites for hydroxylation is 2. The van der Waals surface area contributed by atoms with E-state index in [0.29, 0.717) is 12.1 Å². The molecule has 29 heavy (non-hydrogen) atoms. The van der Waals surface area contributed by atoms with Gasteiger partial charge in [-0.25, -0.2) is 0 Å². The number of aromatic nitrogens is 3. The second-order valence-corrected chi connectivity index (χ2v) is 8.99. The van der Waals surface area contributed by atoms with Crippen LogP contribution in [0, 0.1) is 20.8 Å². The van der Waals surface area contributed by atoms with Gasteiger partial charge in [0.1, 0.15) is 0 Å². The Bertz CT molecular complexity index is 841. The van der Waals surface area contributed by atoms with Crippen LogP contribution in [0.25, 0.3) is 0 Å². The van der Waals surface area contributed by atoms with E-state index in [1.54, 1.807) is 0 Å². The maximum Gasteiger partial charge on any atom is 0.0641 e. The Labute approximate surface area is 175 Å². The van der Waals surface area contributed by atoms with Crippen LogP contribution in [0.1, 0.15) is 67.1 Å². The zero-order valence-corrected chi connectivity index (χ0v) is 18.7. The van der Waals surface area contributed by atoms with E-state index in [1.807, 2.05) is 0 Å². The van der Waals surface area contributed by atoms with Crippen molar-refractivity contribution in [3.05, 3.63) is 40.5 Å². The average Bonchev–Trinajstić information content (AvgIpc) is 3.32. The summed E-state index contributed by atoms with van der Waals surface area (Å²) in [4.78, 5) is 9.91. The Morgan fingerprint density at radius 3 is 2.48 bits per heavy atom. The van der Waals surface area contributed by atoms with Crippen molar-refractivity contribution in [1.29, 1.82) is 0 Å². The summed E-state index contributed by atoms with van der Waals surface area (Å²) < 4.78 is 2.17. The monoisotopic (exact) mass is 396 g/mol. The molecule has 2 fully saturated rings. The van der Waals surface area contributed by atoms with Gasteiger partial charge in [-0.2, -0.15) is 5.10 Å². The van der Waals surface area contributed by atoms with Crippen LogP contribution in [0.4, 0.5) is 5.69 Å². The third kappa shape index (κ3) is 4.33. The van der Waals surface area contributed by atoms with Crippen molar-refractivity contribution in [2.75, 3.05) is 37.6 Å². The van der Waals surface area contributed by atoms with Crippen LogP contribution in [0.5, 0.6) is 0 Å². The molecule has 2 aromatic heterocycles. The van der Waals surface area contributed by atoms with Crippen LogP contribution in [0.15, 0.2) is 12.1 Å². The summed E-state index contributed by atoms with van der Waals surface area (Å²) in [5.74, 6) is 0. The summed E-state index contributed by atoms with van der Waals surface area (Å²) >= 11 is 0. The minimum Gasteiger partial charge on any atom is -0.369 e. The molecule has 158 valence electrons. The lowest BCUT2D eigenvalue weighted by Crippen LogP contribution is -2.46. The molecule has 0 bridgehead atoms. The number of pyridine rings is 1. The summed E-state index contributed by atoms with van der Waals surface area (Å²) in [5, 5.41) is 8.35. The lowest BCUT2D eigenvalue weighted by atomic mass is 10.1. The van der Waals surface area contributed by atoms with Crippen LogP contribution in [0.3, 0.4) is 0 Å². The predicted octanol–water partition coefficient (Wildman–Crippen LogP) is 3.53. The Hall–Kier alpha value is -1.92.